The third-order valence-corrected chi connectivity index (χ3v) is 4.12. The van der Waals surface area contributed by atoms with Crippen molar-refractivity contribution in [3.63, 3.8) is 0 Å². The maximum atomic E-state index is 11.2. The molecule has 1 heterocycles. The molecule has 0 aliphatic heterocycles. The summed E-state index contributed by atoms with van der Waals surface area (Å²) in [6, 6.07) is 8.73. The Morgan fingerprint density at radius 3 is 2.67 bits per heavy atom. The number of unbranched alkanes of at least 4 members (excludes halogenated alkanes) is 1. The van der Waals surface area contributed by atoms with Gasteiger partial charge >= 0.3 is 0 Å². The Labute approximate surface area is 129 Å². The van der Waals surface area contributed by atoms with Gasteiger partial charge in [0.05, 0.1) is 6.54 Å². The van der Waals surface area contributed by atoms with E-state index in [0.717, 1.165) is 17.7 Å². The molecule has 0 aliphatic carbocycles. The van der Waals surface area contributed by atoms with Crippen LogP contribution in [0, 0.1) is 0 Å². The van der Waals surface area contributed by atoms with Crippen LogP contribution in [-0.4, -0.2) is 17.4 Å². The highest BCUT2D eigenvalue weighted by molar-refractivity contribution is 7.15. The predicted octanol–water partition coefficient (Wildman–Crippen LogP) is 2.97. The zero-order valence-corrected chi connectivity index (χ0v) is 13.1. The molecule has 4 nitrogen and oxygen atoms in total. The summed E-state index contributed by atoms with van der Waals surface area (Å²) >= 11 is 1.49. The molecular formula is C16H21N3OS. The highest BCUT2D eigenvalue weighted by Crippen LogP contribution is 2.21. The van der Waals surface area contributed by atoms with Crippen LogP contribution in [0.15, 0.2) is 30.5 Å². The second-order valence-electron chi connectivity index (χ2n) is 4.98. The molecule has 0 saturated carbocycles. The Morgan fingerprint density at radius 1 is 1.29 bits per heavy atom. The normalized spacial score (nSPS) is 10.6. The van der Waals surface area contributed by atoms with Gasteiger partial charge in [-0.1, -0.05) is 37.6 Å². The molecule has 0 fully saturated rings. The summed E-state index contributed by atoms with van der Waals surface area (Å²) in [6.45, 7) is 2.19. The number of hydrogen-bond acceptors (Lipinski definition) is 4. The SMILES string of the molecule is CCCCc1ccc(Cc2cnc(NC(=O)CN)s2)cc1. The number of carbonyl (C=O) groups is 1. The molecule has 5 heteroatoms. The van der Waals surface area contributed by atoms with Crippen LogP contribution in [0.25, 0.3) is 0 Å². The number of nitrogens with two attached hydrogens (primary N) is 1. The van der Waals surface area contributed by atoms with Gasteiger partial charge in [0, 0.05) is 17.5 Å². The van der Waals surface area contributed by atoms with Crippen molar-refractivity contribution in [3.05, 3.63) is 46.5 Å². The first-order valence-electron chi connectivity index (χ1n) is 7.23. The molecule has 0 unspecified atom stereocenters. The van der Waals surface area contributed by atoms with E-state index >= 15 is 0 Å². The second kappa shape index (κ2) is 7.90. The largest absolute Gasteiger partial charge is 0.322 e. The molecule has 1 amide bonds. The third kappa shape index (κ3) is 4.95. The van der Waals surface area contributed by atoms with Gasteiger partial charge in [-0.25, -0.2) is 4.98 Å². The van der Waals surface area contributed by atoms with Gasteiger partial charge in [-0.3, -0.25) is 4.79 Å². The van der Waals surface area contributed by atoms with Crippen LogP contribution in [0.1, 0.15) is 35.8 Å². The van der Waals surface area contributed by atoms with E-state index in [9.17, 15) is 4.79 Å². The number of thiazole rings is 1. The third-order valence-electron chi connectivity index (χ3n) is 3.21. The topological polar surface area (TPSA) is 68.0 Å². The lowest BCUT2D eigenvalue weighted by Crippen LogP contribution is -2.21. The number of amides is 1. The summed E-state index contributed by atoms with van der Waals surface area (Å²) in [6.07, 6.45) is 6.25. The zero-order chi connectivity index (χ0) is 15.1. The van der Waals surface area contributed by atoms with Crippen LogP contribution >= 0.6 is 11.3 Å². The summed E-state index contributed by atoms with van der Waals surface area (Å²) < 4.78 is 0. The average molecular weight is 303 g/mol. The predicted molar refractivity (Wildman–Crippen MR) is 87.7 cm³/mol. The molecule has 0 bridgehead atoms. The number of nitrogens with one attached hydrogen (secondary N) is 1. The average Bonchev–Trinajstić information content (AvgIpc) is 2.93. The minimum Gasteiger partial charge on any atom is -0.322 e. The van der Waals surface area contributed by atoms with Crippen molar-refractivity contribution in [2.24, 2.45) is 5.73 Å². The Hall–Kier alpha value is -1.72. The molecule has 0 radical (unpaired) electrons. The van der Waals surface area contributed by atoms with Gasteiger partial charge in [-0.15, -0.1) is 11.3 Å². The molecule has 0 spiro atoms. The number of anilines is 1. The minimum atomic E-state index is -0.212. The second-order valence-corrected chi connectivity index (χ2v) is 6.10. The number of aromatic nitrogens is 1. The first-order chi connectivity index (χ1) is 10.2. The quantitative estimate of drug-likeness (QED) is 0.826. The van der Waals surface area contributed by atoms with E-state index in [1.165, 1.54) is 35.3 Å². The molecule has 0 aliphatic rings. The van der Waals surface area contributed by atoms with Gasteiger partial charge in [0.15, 0.2) is 5.13 Å². The van der Waals surface area contributed by atoms with Crippen molar-refractivity contribution in [2.45, 2.75) is 32.6 Å². The first-order valence-corrected chi connectivity index (χ1v) is 8.05. The number of rotatable bonds is 7. The van der Waals surface area contributed by atoms with Crippen LogP contribution < -0.4 is 11.1 Å². The van der Waals surface area contributed by atoms with Crippen molar-refractivity contribution in [3.8, 4) is 0 Å². The van der Waals surface area contributed by atoms with Crippen molar-refractivity contribution >= 4 is 22.4 Å². The Morgan fingerprint density at radius 2 is 2.00 bits per heavy atom. The van der Waals surface area contributed by atoms with Crippen LogP contribution in [0.5, 0.6) is 0 Å². The van der Waals surface area contributed by atoms with Crippen molar-refractivity contribution < 1.29 is 4.79 Å². The molecule has 21 heavy (non-hydrogen) atoms. The summed E-state index contributed by atoms with van der Waals surface area (Å²) in [5, 5.41) is 3.28. The molecule has 2 aromatic rings. The highest BCUT2D eigenvalue weighted by Gasteiger charge is 2.06. The van der Waals surface area contributed by atoms with Crippen LogP contribution in [0.2, 0.25) is 0 Å². The highest BCUT2D eigenvalue weighted by atomic mass is 32.1. The number of hydrogen-bond donors (Lipinski definition) is 2. The Kier molecular flexibility index (Phi) is 5.90. The lowest BCUT2D eigenvalue weighted by atomic mass is 10.0. The fourth-order valence-electron chi connectivity index (χ4n) is 2.02. The van der Waals surface area contributed by atoms with E-state index < -0.39 is 0 Å². The number of nitrogens with zero attached hydrogens (tertiary/aromatic N) is 1. The van der Waals surface area contributed by atoms with E-state index in [-0.39, 0.29) is 12.5 Å². The number of aryl methyl sites for hydroxylation is 1. The van der Waals surface area contributed by atoms with Gasteiger partial charge < -0.3 is 11.1 Å². The maximum absolute atomic E-state index is 11.2. The molecule has 3 N–H and O–H groups in total. The molecule has 0 atom stereocenters. The Bertz CT molecular complexity index is 577. The summed E-state index contributed by atoms with van der Waals surface area (Å²) in [4.78, 5) is 16.5. The minimum absolute atomic E-state index is 0.0197. The lowest BCUT2D eigenvalue weighted by molar-refractivity contribution is -0.114. The molecular weight excluding hydrogens is 282 g/mol. The van der Waals surface area contributed by atoms with Crippen molar-refractivity contribution in [2.75, 3.05) is 11.9 Å². The van der Waals surface area contributed by atoms with E-state index in [0.29, 0.717) is 5.13 Å². The lowest BCUT2D eigenvalue weighted by Gasteiger charge is -2.02. The van der Waals surface area contributed by atoms with Gasteiger partial charge in [0.2, 0.25) is 5.91 Å². The standard InChI is InChI=1S/C16H21N3OS/c1-2-3-4-12-5-7-13(8-6-12)9-14-11-18-16(21-14)19-15(20)10-17/h5-8,11H,2-4,9-10,17H2,1H3,(H,18,19,20). The monoisotopic (exact) mass is 303 g/mol. The van der Waals surface area contributed by atoms with E-state index in [1.807, 2.05) is 6.20 Å². The van der Waals surface area contributed by atoms with Crippen LogP contribution in [-0.2, 0) is 17.6 Å². The number of carbonyl (C=O) groups excluding carboxylic acids is 1. The van der Waals surface area contributed by atoms with Gasteiger partial charge in [-0.05, 0) is 24.0 Å². The fourth-order valence-corrected chi connectivity index (χ4v) is 2.89. The number of benzene rings is 1. The molecule has 0 saturated heterocycles. The molecule has 1 aromatic carbocycles. The van der Waals surface area contributed by atoms with Gasteiger partial charge in [0.1, 0.15) is 0 Å². The van der Waals surface area contributed by atoms with Crippen LogP contribution in [0.4, 0.5) is 5.13 Å². The van der Waals surface area contributed by atoms with E-state index in [4.69, 9.17) is 5.73 Å². The van der Waals surface area contributed by atoms with Gasteiger partial charge in [0.25, 0.3) is 0 Å². The smallest absolute Gasteiger partial charge is 0.239 e. The van der Waals surface area contributed by atoms with Crippen molar-refractivity contribution in [1.82, 2.24) is 4.98 Å². The summed E-state index contributed by atoms with van der Waals surface area (Å²) in [5.41, 5.74) is 7.91. The van der Waals surface area contributed by atoms with Crippen LogP contribution in [0.3, 0.4) is 0 Å². The Balaban J connectivity index is 1.93. The van der Waals surface area contributed by atoms with Gasteiger partial charge in [-0.2, -0.15) is 0 Å². The van der Waals surface area contributed by atoms with E-state index in [2.05, 4.69) is 41.5 Å². The fraction of sp³-hybridized carbons (Fsp3) is 0.375. The molecule has 1 aromatic heterocycles. The zero-order valence-electron chi connectivity index (χ0n) is 12.3. The molecule has 2 rings (SSSR count). The summed E-state index contributed by atoms with van der Waals surface area (Å²) in [5.74, 6) is -0.212. The maximum Gasteiger partial charge on any atom is 0.239 e. The van der Waals surface area contributed by atoms with E-state index in [1.54, 1.807) is 0 Å². The molecule has 112 valence electrons. The van der Waals surface area contributed by atoms with Crippen molar-refractivity contribution in [1.29, 1.82) is 0 Å². The first kappa shape index (κ1) is 15.7. The summed E-state index contributed by atoms with van der Waals surface area (Å²) in [7, 11) is 0.